The van der Waals surface area contributed by atoms with Gasteiger partial charge in [-0.3, -0.25) is 0 Å². The van der Waals surface area contributed by atoms with Crippen molar-refractivity contribution in [3.63, 3.8) is 0 Å². The molecule has 0 unspecified atom stereocenters. The molecule has 1 N–H and O–H groups in total. The highest BCUT2D eigenvalue weighted by Gasteiger charge is 2.05. The van der Waals surface area contributed by atoms with Crippen LogP contribution in [0.5, 0.6) is 0 Å². The summed E-state index contributed by atoms with van der Waals surface area (Å²) in [5.41, 5.74) is 0. The highest BCUT2D eigenvalue weighted by molar-refractivity contribution is 7.99. The zero-order valence-electron chi connectivity index (χ0n) is 11.9. The number of aromatic nitrogens is 4. The van der Waals surface area contributed by atoms with E-state index in [1.54, 1.807) is 16.4 Å². The van der Waals surface area contributed by atoms with E-state index in [1.807, 2.05) is 0 Å². The topological polar surface area (TPSA) is 63.8 Å². The Kier molecular flexibility index (Phi) is 9.71. The minimum atomic E-state index is 0.0797. The molecule has 0 atom stereocenters. The van der Waals surface area contributed by atoms with E-state index in [0.29, 0.717) is 6.54 Å². The van der Waals surface area contributed by atoms with Crippen molar-refractivity contribution in [3.8, 4) is 0 Å². The molecule has 110 valence electrons. The molecule has 0 aliphatic heterocycles. The molecule has 1 aromatic heterocycles. The summed E-state index contributed by atoms with van der Waals surface area (Å²) in [5.74, 6) is 1.06. The van der Waals surface area contributed by atoms with Crippen LogP contribution < -0.4 is 0 Å². The smallest absolute Gasteiger partial charge is 0.209 e. The molecule has 19 heavy (non-hydrogen) atoms. The third-order valence-corrected chi connectivity index (χ3v) is 4.08. The van der Waals surface area contributed by atoms with Gasteiger partial charge in [-0.2, -0.15) is 0 Å². The zero-order chi connectivity index (χ0) is 13.8. The van der Waals surface area contributed by atoms with Crippen molar-refractivity contribution in [3.05, 3.63) is 0 Å². The average molecular weight is 286 g/mol. The molecule has 1 rings (SSSR count). The number of thioether (sulfide) groups is 1. The van der Waals surface area contributed by atoms with E-state index in [4.69, 9.17) is 5.11 Å². The molecular weight excluding hydrogens is 260 g/mol. The van der Waals surface area contributed by atoms with Gasteiger partial charge in [0.1, 0.15) is 0 Å². The molecule has 0 bridgehead atoms. The standard InChI is InChI=1S/C13H26N4OS/c1-2-3-4-5-6-7-8-9-12-19-13-14-15-16-17(13)10-11-18/h18H,2-12H2,1H3. The van der Waals surface area contributed by atoms with Gasteiger partial charge in [-0.05, 0) is 16.8 Å². The van der Waals surface area contributed by atoms with Crippen molar-refractivity contribution >= 4 is 11.8 Å². The van der Waals surface area contributed by atoms with Gasteiger partial charge in [-0.15, -0.1) is 5.10 Å². The van der Waals surface area contributed by atoms with Crippen LogP contribution in [-0.2, 0) is 6.54 Å². The summed E-state index contributed by atoms with van der Waals surface area (Å²) in [7, 11) is 0. The molecule has 1 aromatic rings. The second-order valence-electron chi connectivity index (χ2n) is 4.73. The van der Waals surface area contributed by atoms with Gasteiger partial charge in [-0.25, -0.2) is 4.68 Å². The number of aliphatic hydroxyl groups is 1. The summed E-state index contributed by atoms with van der Waals surface area (Å²) in [6.07, 6.45) is 10.7. The first-order chi connectivity index (χ1) is 9.38. The van der Waals surface area contributed by atoms with E-state index in [0.717, 1.165) is 10.9 Å². The maximum absolute atomic E-state index is 8.87. The van der Waals surface area contributed by atoms with Crippen molar-refractivity contribution in [1.82, 2.24) is 20.2 Å². The lowest BCUT2D eigenvalue weighted by Crippen LogP contribution is -2.05. The molecule has 0 saturated heterocycles. The molecule has 0 aliphatic carbocycles. The second-order valence-corrected chi connectivity index (χ2v) is 5.79. The van der Waals surface area contributed by atoms with Crippen LogP contribution in [0.2, 0.25) is 0 Å². The summed E-state index contributed by atoms with van der Waals surface area (Å²) in [5, 5.41) is 21.1. The molecule has 0 saturated carbocycles. The third kappa shape index (κ3) is 7.52. The number of aliphatic hydroxyl groups excluding tert-OH is 1. The minimum Gasteiger partial charge on any atom is -0.394 e. The Morgan fingerprint density at radius 3 is 2.42 bits per heavy atom. The molecule has 5 nitrogen and oxygen atoms in total. The molecule has 0 radical (unpaired) electrons. The van der Waals surface area contributed by atoms with E-state index in [1.165, 1.54) is 51.4 Å². The van der Waals surface area contributed by atoms with E-state index in [2.05, 4.69) is 22.4 Å². The minimum absolute atomic E-state index is 0.0797. The average Bonchev–Trinajstić information content (AvgIpc) is 2.85. The number of hydrogen-bond donors (Lipinski definition) is 1. The van der Waals surface area contributed by atoms with Gasteiger partial charge in [0, 0.05) is 5.75 Å². The highest BCUT2D eigenvalue weighted by atomic mass is 32.2. The fourth-order valence-electron chi connectivity index (χ4n) is 1.93. The summed E-state index contributed by atoms with van der Waals surface area (Å²) in [6, 6.07) is 0. The molecule has 1 heterocycles. The summed E-state index contributed by atoms with van der Waals surface area (Å²) < 4.78 is 1.66. The molecule has 0 fully saturated rings. The molecule has 0 spiro atoms. The Bertz CT molecular complexity index is 319. The molecule has 0 aliphatic rings. The predicted molar refractivity (Wildman–Crippen MR) is 78.2 cm³/mol. The van der Waals surface area contributed by atoms with Crippen molar-refractivity contribution in [2.24, 2.45) is 0 Å². The number of rotatable bonds is 12. The van der Waals surface area contributed by atoms with Crippen LogP contribution in [0.4, 0.5) is 0 Å². The van der Waals surface area contributed by atoms with Crippen LogP contribution in [0.25, 0.3) is 0 Å². The van der Waals surface area contributed by atoms with Gasteiger partial charge >= 0.3 is 0 Å². The summed E-state index contributed by atoms with van der Waals surface area (Å²) >= 11 is 1.68. The Hall–Kier alpha value is -0.620. The lowest BCUT2D eigenvalue weighted by atomic mass is 10.1. The first-order valence-electron chi connectivity index (χ1n) is 7.38. The van der Waals surface area contributed by atoms with Crippen molar-refractivity contribution in [2.75, 3.05) is 12.4 Å². The Morgan fingerprint density at radius 1 is 1.05 bits per heavy atom. The first-order valence-corrected chi connectivity index (χ1v) is 8.37. The lowest BCUT2D eigenvalue weighted by Gasteiger charge is -2.03. The van der Waals surface area contributed by atoms with E-state index < -0.39 is 0 Å². The van der Waals surface area contributed by atoms with Crippen LogP contribution in [0.15, 0.2) is 5.16 Å². The van der Waals surface area contributed by atoms with Gasteiger partial charge in [0.2, 0.25) is 5.16 Å². The van der Waals surface area contributed by atoms with Gasteiger partial charge in [-0.1, -0.05) is 63.6 Å². The van der Waals surface area contributed by atoms with Crippen molar-refractivity contribution in [2.45, 2.75) is 70.0 Å². The largest absolute Gasteiger partial charge is 0.394 e. The monoisotopic (exact) mass is 286 g/mol. The molecule has 0 amide bonds. The maximum Gasteiger partial charge on any atom is 0.209 e. The Morgan fingerprint density at radius 2 is 1.74 bits per heavy atom. The quantitative estimate of drug-likeness (QED) is 0.473. The van der Waals surface area contributed by atoms with Crippen LogP contribution in [0, 0.1) is 0 Å². The van der Waals surface area contributed by atoms with Gasteiger partial charge < -0.3 is 5.11 Å². The Labute approximate surface area is 120 Å². The Balaban J connectivity index is 1.97. The van der Waals surface area contributed by atoms with Crippen molar-refractivity contribution < 1.29 is 5.11 Å². The van der Waals surface area contributed by atoms with Crippen LogP contribution >= 0.6 is 11.8 Å². The molecule has 6 heteroatoms. The number of hydrogen-bond acceptors (Lipinski definition) is 5. The van der Waals surface area contributed by atoms with Crippen molar-refractivity contribution in [1.29, 1.82) is 0 Å². The third-order valence-electron chi connectivity index (χ3n) is 3.04. The van der Waals surface area contributed by atoms with Gasteiger partial charge in [0.05, 0.1) is 13.2 Å². The van der Waals surface area contributed by atoms with E-state index in [-0.39, 0.29) is 6.61 Å². The first kappa shape index (κ1) is 16.4. The second kappa shape index (κ2) is 11.2. The van der Waals surface area contributed by atoms with E-state index >= 15 is 0 Å². The number of tetrazole rings is 1. The number of unbranched alkanes of at least 4 members (excludes halogenated alkanes) is 7. The predicted octanol–water partition coefficient (Wildman–Crippen LogP) is 2.90. The SMILES string of the molecule is CCCCCCCCCCSc1nnnn1CCO. The van der Waals surface area contributed by atoms with Gasteiger partial charge in [0.25, 0.3) is 0 Å². The fraction of sp³-hybridized carbons (Fsp3) is 0.923. The van der Waals surface area contributed by atoms with Crippen LogP contribution in [-0.4, -0.2) is 37.7 Å². The summed E-state index contributed by atoms with van der Waals surface area (Å²) in [4.78, 5) is 0. The van der Waals surface area contributed by atoms with Crippen LogP contribution in [0.3, 0.4) is 0 Å². The fourth-order valence-corrected chi connectivity index (χ4v) is 2.84. The highest BCUT2D eigenvalue weighted by Crippen LogP contribution is 2.16. The normalized spacial score (nSPS) is 11.1. The van der Waals surface area contributed by atoms with Crippen LogP contribution in [0.1, 0.15) is 58.3 Å². The molecule has 0 aromatic carbocycles. The van der Waals surface area contributed by atoms with Gasteiger partial charge in [0.15, 0.2) is 0 Å². The maximum atomic E-state index is 8.87. The number of nitrogens with zero attached hydrogens (tertiary/aromatic N) is 4. The van der Waals surface area contributed by atoms with E-state index in [9.17, 15) is 0 Å². The lowest BCUT2D eigenvalue weighted by molar-refractivity contribution is 0.262. The summed E-state index contributed by atoms with van der Waals surface area (Å²) in [6.45, 7) is 2.81. The zero-order valence-corrected chi connectivity index (χ0v) is 12.7. The molecular formula is C13H26N4OS.